The normalized spacial score (nSPS) is 11.3. The first-order chi connectivity index (χ1) is 9.61. The van der Waals surface area contributed by atoms with Gasteiger partial charge in [0.05, 0.1) is 4.92 Å². The first kappa shape index (κ1) is 13.7. The summed E-state index contributed by atoms with van der Waals surface area (Å²) in [6.45, 7) is 0. The van der Waals surface area contributed by atoms with Crippen molar-refractivity contribution in [3.63, 3.8) is 0 Å². The minimum absolute atomic E-state index is 0.00477. The Hall–Kier alpha value is -2.68. The number of nitro benzene ring substituents is 1. The zero-order valence-corrected chi connectivity index (χ0v) is 10.8. The number of benzene rings is 1. The number of amidine groups is 1. The maximum atomic E-state index is 10.6. The van der Waals surface area contributed by atoms with Gasteiger partial charge in [0.1, 0.15) is 10.7 Å². The zero-order chi connectivity index (χ0) is 14.5. The lowest BCUT2D eigenvalue weighted by atomic mass is 10.3. The third-order valence-corrected chi connectivity index (χ3v) is 3.28. The molecule has 2 aromatic rings. The summed E-state index contributed by atoms with van der Waals surface area (Å²) in [6, 6.07) is 5.96. The van der Waals surface area contributed by atoms with Gasteiger partial charge in [-0.3, -0.25) is 10.1 Å². The van der Waals surface area contributed by atoms with Gasteiger partial charge in [-0.15, -0.1) is 0 Å². The van der Waals surface area contributed by atoms with Gasteiger partial charge in [0, 0.05) is 29.4 Å². The summed E-state index contributed by atoms with van der Waals surface area (Å²) >= 11 is 1.21. The van der Waals surface area contributed by atoms with Crippen LogP contribution in [0.5, 0.6) is 0 Å². The second kappa shape index (κ2) is 5.97. The molecule has 102 valence electrons. The number of rotatable bonds is 4. The third kappa shape index (κ3) is 3.01. The van der Waals surface area contributed by atoms with Crippen molar-refractivity contribution in [2.45, 2.75) is 9.92 Å². The molecule has 0 aliphatic carbocycles. The Bertz CT molecular complexity index is 659. The first-order valence-electron chi connectivity index (χ1n) is 5.33. The van der Waals surface area contributed by atoms with Crippen LogP contribution in [-0.4, -0.2) is 25.9 Å². The molecule has 0 unspecified atom stereocenters. The molecule has 0 bridgehead atoms. The van der Waals surface area contributed by atoms with Crippen LogP contribution in [0.1, 0.15) is 5.69 Å². The fourth-order valence-electron chi connectivity index (χ4n) is 1.37. The number of non-ortho nitro benzene ring substituents is 1. The van der Waals surface area contributed by atoms with Crippen LogP contribution in [0.15, 0.2) is 51.7 Å². The van der Waals surface area contributed by atoms with Crippen LogP contribution in [0.3, 0.4) is 0 Å². The number of nitro groups is 1. The number of nitrogens with zero attached hydrogens (tertiary/aromatic N) is 4. The quantitative estimate of drug-likeness (QED) is 0.288. The van der Waals surface area contributed by atoms with Gasteiger partial charge in [-0.05, 0) is 12.1 Å². The Labute approximate surface area is 117 Å². The molecule has 0 atom stereocenters. The molecule has 0 fully saturated rings. The Kier molecular flexibility index (Phi) is 4.11. The summed E-state index contributed by atoms with van der Waals surface area (Å²) in [5, 5.41) is 22.6. The number of hydrogen-bond acceptors (Lipinski definition) is 7. The van der Waals surface area contributed by atoms with Gasteiger partial charge in [0.15, 0.2) is 5.84 Å². The van der Waals surface area contributed by atoms with E-state index in [1.807, 2.05) is 0 Å². The highest BCUT2D eigenvalue weighted by atomic mass is 32.2. The Morgan fingerprint density at radius 3 is 2.55 bits per heavy atom. The molecule has 3 N–H and O–H groups in total. The lowest BCUT2D eigenvalue weighted by Gasteiger charge is -2.05. The molecule has 9 heteroatoms. The molecule has 1 aromatic carbocycles. The monoisotopic (exact) mass is 291 g/mol. The van der Waals surface area contributed by atoms with Crippen molar-refractivity contribution in [3.05, 3.63) is 52.5 Å². The summed E-state index contributed by atoms with van der Waals surface area (Å²) in [5.74, 6) is -0.150. The highest BCUT2D eigenvalue weighted by Gasteiger charge is 2.12. The van der Waals surface area contributed by atoms with E-state index in [2.05, 4.69) is 15.1 Å². The standard InChI is InChI=1S/C11H9N5O3S/c12-10(15-17)9-11(14-6-5-13-9)20-8-3-1-7(2-4-8)16(18)19/h1-6,17H,(H2,12,15). The van der Waals surface area contributed by atoms with Gasteiger partial charge >= 0.3 is 0 Å². The van der Waals surface area contributed by atoms with E-state index in [4.69, 9.17) is 10.9 Å². The molecule has 1 heterocycles. The van der Waals surface area contributed by atoms with E-state index < -0.39 is 4.92 Å². The lowest BCUT2D eigenvalue weighted by Crippen LogP contribution is -2.16. The summed E-state index contributed by atoms with van der Waals surface area (Å²) in [7, 11) is 0. The van der Waals surface area contributed by atoms with Crippen molar-refractivity contribution in [3.8, 4) is 0 Å². The summed E-state index contributed by atoms with van der Waals surface area (Å²) in [6.07, 6.45) is 2.90. The Morgan fingerprint density at radius 2 is 1.95 bits per heavy atom. The van der Waals surface area contributed by atoms with E-state index in [1.165, 1.54) is 36.3 Å². The predicted molar refractivity (Wildman–Crippen MR) is 71.8 cm³/mol. The number of oxime groups is 1. The SMILES string of the molecule is NC(=NO)c1nccnc1Sc1ccc([N+](=O)[O-])cc1. The predicted octanol–water partition coefficient (Wildman–Crippen LogP) is 1.63. The topological polar surface area (TPSA) is 128 Å². The van der Waals surface area contributed by atoms with Crippen molar-refractivity contribution in [2.75, 3.05) is 0 Å². The van der Waals surface area contributed by atoms with Crippen LogP contribution in [-0.2, 0) is 0 Å². The van der Waals surface area contributed by atoms with E-state index in [-0.39, 0.29) is 17.2 Å². The summed E-state index contributed by atoms with van der Waals surface area (Å²) < 4.78 is 0. The summed E-state index contributed by atoms with van der Waals surface area (Å²) in [4.78, 5) is 18.9. The van der Waals surface area contributed by atoms with Gasteiger partial charge in [0.2, 0.25) is 0 Å². The van der Waals surface area contributed by atoms with Crippen molar-refractivity contribution < 1.29 is 10.1 Å². The van der Waals surface area contributed by atoms with Gasteiger partial charge in [-0.1, -0.05) is 16.9 Å². The number of aromatic nitrogens is 2. The van der Waals surface area contributed by atoms with Crippen LogP contribution in [0, 0.1) is 10.1 Å². The molecule has 0 aliphatic rings. The van der Waals surface area contributed by atoms with Crippen molar-refractivity contribution >= 4 is 23.3 Å². The van der Waals surface area contributed by atoms with Gasteiger partial charge in [0.25, 0.3) is 5.69 Å². The maximum Gasteiger partial charge on any atom is 0.269 e. The van der Waals surface area contributed by atoms with E-state index in [9.17, 15) is 10.1 Å². The van der Waals surface area contributed by atoms with E-state index >= 15 is 0 Å². The van der Waals surface area contributed by atoms with Crippen LogP contribution in [0.2, 0.25) is 0 Å². The van der Waals surface area contributed by atoms with Gasteiger partial charge in [-0.25, -0.2) is 9.97 Å². The van der Waals surface area contributed by atoms with Gasteiger partial charge < -0.3 is 10.9 Å². The molecule has 20 heavy (non-hydrogen) atoms. The van der Waals surface area contributed by atoms with Crippen LogP contribution in [0.4, 0.5) is 5.69 Å². The lowest BCUT2D eigenvalue weighted by molar-refractivity contribution is -0.384. The van der Waals surface area contributed by atoms with E-state index in [0.29, 0.717) is 5.03 Å². The molecule has 0 aliphatic heterocycles. The van der Waals surface area contributed by atoms with Crippen molar-refractivity contribution in [1.29, 1.82) is 0 Å². The minimum atomic E-state index is -0.474. The highest BCUT2D eigenvalue weighted by Crippen LogP contribution is 2.28. The van der Waals surface area contributed by atoms with Crippen LogP contribution >= 0.6 is 11.8 Å². The van der Waals surface area contributed by atoms with Gasteiger partial charge in [-0.2, -0.15) is 0 Å². The summed E-state index contributed by atoms with van der Waals surface area (Å²) in [5.41, 5.74) is 5.76. The molecular weight excluding hydrogens is 282 g/mol. The molecule has 8 nitrogen and oxygen atoms in total. The second-order valence-electron chi connectivity index (χ2n) is 3.55. The molecule has 0 saturated heterocycles. The van der Waals surface area contributed by atoms with Crippen LogP contribution in [0.25, 0.3) is 0 Å². The third-order valence-electron chi connectivity index (χ3n) is 2.28. The smallest absolute Gasteiger partial charge is 0.269 e. The average molecular weight is 291 g/mol. The molecule has 0 radical (unpaired) electrons. The molecule has 1 aromatic heterocycles. The highest BCUT2D eigenvalue weighted by molar-refractivity contribution is 7.99. The van der Waals surface area contributed by atoms with Crippen LogP contribution < -0.4 is 5.73 Å². The minimum Gasteiger partial charge on any atom is -0.409 e. The Morgan fingerprint density at radius 1 is 1.30 bits per heavy atom. The molecule has 0 spiro atoms. The largest absolute Gasteiger partial charge is 0.409 e. The number of nitrogens with two attached hydrogens (primary N) is 1. The molecule has 2 rings (SSSR count). The molecule has 0 saturated carbocycles. The van der Waals surface area contributed by atoms with Crippen molar-refractivity contribution in [2.24, 2.45) is 10.9 Å². The molecular formula is C11H9N5O3S. The van der Waals surface area contributed by atoms with E-state index in [1.54, 1.807) is 12.1 Å². The van der Waals surface area contributed by atoms with E-state index in [0.717, 1.165) is 4.90 Å². The van der Waals surface area contributed by atoms with Crippen molar-refractivity contribution in [1.82, 2.24) is 9.97 Å². The average Bonchev–Trinajstić information content (AvgIpc) is 2.47. The zero-order valence-electron chi connectivity index (χ0n) is 10.0. The first-order valence-corrected chi connectivity index (χ1v) is 6.14. The maximum absolute atomic E-state index is 10.6. The fraction of sp³-hybridized carbons (Fsp3) is 0. The molecule has 0 amide bonds. The Balaban J connectivity index is 2.28. The second-order valence-corrected chi connectivity index (χ2v) is 4.61. The fourth-order valence-corrected chi connectivity index (χ4v) is 2.23. The number of hydrogen-bond donors (Lipinski definition) is 2.